The minimum atomic E-state index is -0.887. The molecule has 1 heterocycles. The van der Waals surface area contributed by atoms with Crippen LogP contribution >= 0.6 is 0 Å². The Morgan fingerprint density at radius 2 is 1.83 bits per heavy atom. The molecule has 0 aromatic heterocycles. The number of carbonyl (C=O) groups excluding carboxylic acids is 3. The maximum Gasteiger partial charge on any atom is 0.325 e. The Morgan fingerprint density at radius 3 is 2.57 bits per heavy atom. The van der Waals surface area contributed by atoms with E-state index in [9.17, 15) is 14.4 Å². The topological polar surface area (TPSA) is 78.5 Å². The largest absolute Gasteiger partial charge is 0.348 e. The summed E-state index contributed by atoms with van der Waals surface area (Å²) in [5, 5.41) is 5.85. The lowest BCUT2D eigenvalue weighted by atomic mass is 9.75. The molecule has 3 aliphatic rings. The predicted molar refractivity (Wildman–Crippen MR) is 115 cm³/mol. The lowest BCUT2D eigenvalue weighted by Gasteiger charge is -2.34. The number of nitrogens with one attached hydrogen (secondary N) is 2. The van der Waals surface area contributed by atoms with Gasteiger partial charge in [-0.1, -0.05) is 37.5 Å². The van der Waals surface area contributed by atoms with Crippen molar-refractivity contribution in [2.45, 2.75) is 83.2 Å². The number of rotatable bonds is 5. The zero-order valence-electron chi connectivity index (χ0n) is 18.1. The molecule has 4 rings (SSSR count). The number of imide groups is 1. The molecular formula is C24H33N3O3. The molecule has 1 aromatic carbocycles. The van der Waals surface area contributed by atoms with Gasteiger partial charge in [0.25, 0.3) is 5.91 Å². The second-order valence-corrected chi connectivity index (χ2v) is 9.38. The van der Waals surface area contributed by atoms with E-state index in [1.165, 1.54) is 30.4 Å². The van der Waals surface area contributed by atoms with Crippen LogP contribution in [0.3, 0.4) is 0 Å². The summed E-state index contributed by atoms with van der Waals surface area (Å²) in [7, 11) is 0. The summed E-state index contributed by atoms with van der Waals surface area (Å²) in [6, 6.07) is 5.80. The summed E-state index contributed by atoms with van der Waals surface area (Å²) in [5.74, 6) is -0.433. The number of urea groups is 1. The van der Waals surface area contributed by atoms with Gasteiger partial charge in [-0.15, -0.1) is 0 Å². The van der Waals surface area contributed by atoms with Crippen molar-refractivity contribution in [3.8, 4) is 0 Å². The van der Waals surface area contributed by atoms with Crippen molar-refractivity contribution in [1.82, 2.24) is 15.5 Å². The molecule has 2 aliphatic carbocycles. The van der Waals surface area contributed by atoms with Crippen molar-refractivity contribution in [3.63, 3.8) is 0 Å². The van der Waals surface area contributed by atoms with E-state index < -0.39 is 11.6 Å². The van der Waals surface area contributed by atoms with Gasteiger partial charge in [-0.2, -0.15) is 0 Å². The maximum atomic E-state index is 13.1. The minimum Gasteiger partial charge on any atom is -0.348 e. The number of hydrogen-bond acceptors (Lipinski definition) is 3. The van der Waals surface area contributed by atoms with Gasteiger partial charge in [0.2, 0.25) is 5.91 Å². The summed E-state index contributed by atoms with van der Waals surface area (Å²) in [5.41, 5.74) is 2.96. The molecule has 6 nitrogen and oxygen atoms in total. The van der Waals surface area contributed by atoms with Gasteiger partial charge in [0.1, 0.15) is 12.1 Å². The zero-order valence-corrected chi connectivity index (χ0v) is 18.1. The molecule has 0 radical (unpaired) electrons. The van der Waals surface area contributed by atoms with Crippen LogP contribution in [0.25, 0.3) is 0 Å². The Labute approximate surface area is 178 Å². The Balaban J connectivity index is 1.38. The first-order chi connectivity index (χ1) is 14.4. The van der Waals surface area contributed by atoms with Crippen molar-refractivity contribution >= 4 is 17.8 Å². The SMILES string of the molecule is C[C@H](NC(=O)CN1C(=O)N[C@](C)(C2CCCCC2)C1=O)c1ccc2c(c1)CCCC2. The standard InChI is InChI=1S/C24H33N3O3/c1-16(18-13-12-17-8-6-7-9-19(17)14-18)25-21(28)15-27-22(29)24(2,26-23(27)30)20-10-4-3-5-11-20/h12-14,16,20H,3-11,15H2,1-2H3,(H,25,28)(H,26,30)/t16-,24+/m0/s1. The van der Waals surface area contributed by atoms with Gasteiger partial charge in [0, 0.05) is 0 Å². The van der Waals surface area contributed by atoms with Gasteiger partial charge in [-0.05, 0) is 75.0 Å². The molecule has 2 N–H and O–H groups in total. The van der Waals surface area contributed by atoms with Crippen LogP contribution in [0.4, 0.5) is 4.79 Å². The van der Waals surface area contributed by atoms with Crippen LogP contribution in [0.1, 0.15) is 81.5 Å². The fourth-order valence-electron chi connectivity index (χ4n) is 5.35. The van der Waals surface area contributed by atoms with E-state index in [0.29, 0.717) is 0 Å². The lowest BCUT2D eigenvalue weighted by molar-refractivity contribution is -0.136. The molecule has 1 saturated carbocycles. The van der Waals surface area contributed by atoms with Crippen molar-refractivity contribution in [3.05, 3.63) is 34.9 Å². The average molecular weight is 412 g/mol. The van der Waals surface area contributed by atoms with E-state index in [-0.39, 0.29) is 30.3 Å². The van der Waals surface area contributed by atoms with Crippen molar-refractivity contribution in [2.24, 2.45) is 5.92 Å². The fourth-order valence-corrected chi connectivity index (χ4v) is 5.35. The third kappa shape index (κ3) is 3.96. The van der Waals surface area contributed by atoms with E-state index in [1.54, 1.807) is 0 Å². The second-order valence-electron chi connectivity index (χ2n) is 9.38. The van der Waals surface area contributed by atoms with E-state index >= 15 is 0 Å². The third-order valence-electron chi connectivity index (χ3n) is 7.27. The van der Waals surface area contributed by atoms with E-state index in [0.717, 1.165) is 49.0 Å². The average Bonchev–Trinajstić information content (AvgIpc) is 2.98. The van der Waals surface area contributed by atoms with Gasteiger partial charge < -0.3 is 10.6 Å². The first-order valence-electron chi connectivity index (χ1n) is 11.4. The van der Waals surface area contributed by atoms with E-state index in [1.807, 2.05) is 13.8 Å². The molecule has 6 heteroatoms. The number of nitrogens with zero attached hydrogens (tertiary/aromatic N) is 1. The molecule has 1 aromatic rings. The van der Waals surface area contributed by atoms with Gasteiger partial charge in [0.05, 0.1) is 6.04 Å². The molecule has 0 spiro atoms. The Morgan fingerprint density at radius 1 is 1.13 bits per heavy atom. The number of amides is 4. The monoisotopic (exact) mass is 411 g/mol. The lowest BCUT2D eigenvalue weighted by Crippen LogP contribution is -2.51. The molecule has 1 saturated heterocycles. The Bertz CT molecular complexity index is 846. The summed E-state index contributed by atoms with van der Waals surface area (Å²) in [6.07, 6.45) is 9.91. The summed E-state index contributed by atoms with van der Waals surface area (Å²) < 4.78 is 0. The molecule has 30 heavy (non-hydrogen) atoms. The van der Waals surface area contributed by atoms with Crippen molar-refractivity contribution in [2.75, 3.05) is 6.54 Å². The number of aryl methyl sites for hydroxylation is 2. The first-order valence-corrected chi connectivity index (χ1v) is 11.4. The number of carbonyl (C=O) groups is 3. The molecule has 0 unspecified atom stereocenters. The second kappa shape index (κ2) is 8.40. The molecular weight excluding hydrogens is 378 g/mol. The van der Waals surface area contributed by atoms with Gasteiger partial charge >= 0.3 is 6.03 Å². The van der Waals surface area contributed by atoms with Crippen LogP contribution in [0.15, 0.2) is 18.2 Å². The van der Waals surface area contributed by atoms with Gasteiger partial charge in [0.15, 0.2) is 0 Å². The Kier molecular flexibility index (Phi) is 5.85. The van der Waals surface area contributed by atoms with Crippen LogP contribution in [-0.2, 0) is 22.4 Å². The number of hydrogen-bond donors (Lipinski definition) is 2. The van der Waals surface area contributed by atoms with Gasteiger partial charge in [-0.3, -0.25) is 14.5 Å². The molecule has 4 amide bonds. The summed E-state index contributed by atoms with van der Waals surface area (Å²) in [4.78, 5) is 39.3. The Hall–Kier alpha value is -2.37. The van der Waals surface area contributed by atoms with Crippen LogP contribution in [-0.4, -0.2) is 34.8 Å². The third-order valence-corrected chi connectivity index (χ3v) is 7.27. The fraction of sp³-hybridized carbons (Fsp3) is 0.625. The highest BCUT2D eigenvalue weighted by Gasteiger charge is 2.52. The smallest absolute Gasteiger partial charge is 0.325 e. The van der Waals surface area contributed by atoms with E-state index in [4.69, 9.17) is 0 Å². The highest BCUT2D eigenvalue weighted by Crippen LogP contribution is 2.36. The highest BCUT2D eigenvalue weighted by molar-refractivity contribution is 6.09. The first kappa shape index (κ1) is 20.9. The zero-order chi connectivity index (χ0) is 21.3. The predicted octanol–water partition coefficient (Wildman–Crippen LogP) is 3.63. The summed E-state index contributed by atoms with van der Waals surface area (Å²) in [6.45, 7) is 3.53. The van der Waals surface area contributed by atoms with Crippen LogP contribution in [0, 0.1) is 5.92 Å². The molecule has 2 fully saturated rings. The van der Waals surface area contributed by atoms with Gasteiger partial charge in [-0.25, -0.2) is 4.79 Å². The minimum absolute atomic E-state index is 0.144. The highest BCUT2D eigenvalue weighted by atomic mass is 16.2. The van der Waals surface area contributed by atoms with Crippen molar-refractivity contribution < 1.29 is 14.4 Å². The number of benzene rings is 1. The molecule has 2 atom stereocenters. The van der Waals surface area contributed by atoms with E-state index in [2.05, 4.69) is 28.8 Å². The van der Waals surface area contributed by atoms with Crippen LogP contribution < -0.4 is 10.6 Å². The normalized spacial score (nSPS) is 25.6. The van der Waals surface area contributed by atoms with Crippen LogP contribution in [0.5, 0.6) is 0 Å². The molecule has 0 bridgehead atoms. The summed E-state index contributed by atoms with van der Waals surface area (Å²) >= 11 is 0. The number of fused-ring (bicyclic) bond motifs is 1. The van der Waals surface area contributed by atoms with Crippen LogP contribution in [0.2, 0.25) is 0 Å². The molecule has 162 valence electrons. The quantitative estimate of drug-likeness (QED) is 0.726. The maximum absolute atomic E-state index is 13.1. The molecule has 1 aliphatic heterocycles. The van der Waals surface area contributed by atoms with Crippen molar-refractivity contribution in [1.29, 1.82) is 0 Å².